The molecule has 1 atom stereocenters. The molecule has 1 aliphatic rings. The molecule has 1 heterocycles. The van der Waals surface area contributed by atoms with Gasteiger partial charge in [-0.1, -0.05) is 0 Å². The van der Waals surface area contributed by atoms with Crippen molar-refractivity contribution in [2.75, 3.05) is 21.3 Å². The van der Waals surface area contributed by atoms with Gasteiger partial charge in [-0.25, -0.2) is 0 Å². The fourth-order valence-corrected chi connectivity index (χ4v) is 2.05. The molecule has 0 saturated carbocycles. The van der Waals surface area contributed by atoms with Gasteiger partial charge < -0.3 is 9.47 Å². The van der Waals surface area contributed by atoms with E-state index >= 15 is 0 Å². The monoisotopic (exact) mass is 249 g/mol. The molecule has 0 N–H and O–H groups in total. The molecule has 0 aromatic heterocycles. The maximum absolute atomic E-state index is 11.9. The number of carbonyl (C=O) groups is 2. The number of nitrogens with zero attached hydrogens (tertiary/aromatic N) is 1. The van der Waals surface area contributed by atoms with Crippen LogP contribution in [0, 0.1) is 0 Å². The average Bonchev–Trinajstić information content (AvgIpc) is 2.65. The third-order valence-electron chi connectivity index (χ3n) is 3.16. The Morgan fingerprint density at radius 1 is 1.11 bits per heavy atom. The number of amides is 2. The Balaban J connectivity index is 2.39. The number of likely N-dealkylation sites (N-methyl/N-ethyl adjacent to an activating group) is 1. The Bertz CT molecular complexity index is 476. The zero-order valence-corrected chi connectivity index (χ0v) is 10.6. The minimum Gasteiger partial charge on any atom is -0.497 e. The van der Waals surface area contributed by atoms with E-state index in [1.807, 2.05) is 0 Å². The van der Waals surface area contributed by atoms with E-state index in [1.165, 1.54) is 7.05 Å². The van der Waals surface area contributed by atoms with Crippen molar-refractivity contribution in [3.63, 3.8) is 0 Å². The molecular formula is C13H15NO4. The Labute approximate surface area is 105 Å². The number of benzene rings is 1. The lowest BCUT2D eigenvalue weighted by Gasteiger charge is -2.12. The van der Waals surface area contributed by atoms with Crippen LogP contribution in [0.3, 0.4) is 0 Å². The number of likely N-dealkylation sites (tertiary alicyclic amines) is 1. The third-order valence-corrected chi connectivity index (χ3v) is 3.16. The third kappa shape index (κ3) is 2.03. The quantitative estimate of drug-likeness (QED) is 0.755. The summed E-state index contributed by atoms with van der Waals surface area (Å²) in [6.45, 7) is 0. The minimum absolute atomic E-state index is 0.160. The van der Waals surface area contributed by atoms with Crippen LogP contribution in [0.25, 0.3) is 0 Å². The molecule has 0 bridgehead atoms. The van der Waals surface area contributed by atoms with E-state index < -0.39 is 5.92 Å². The highest BCUT2D eigenvalue weighted by Crippen LogP contribution is 2.33. The van der Waals surface area contributed by atoms with Crippen molar-refractivity contribution < 1.29 is 19.1 Å². The molecule has 0 radical (unpaired) electrons. The lowest BCUT2D eigenvalue weighted by Crippen LogP contribution is -2.25. The van der Waals surface area contributed by atoms with Crippen LogP contribution in [0.1, 0.15) is 17.9 Å². The van der Waals surface area contributed by atoms with Gasteiger partial charge in [0.15, 0.2) is 0 Å². The van der Waals surface area contributed by atoms with Crippen molar-refractivity contribution >= 4 is 11.8 Å². The molecule has 1 saturated heterocycles. The second kappa shape index (κ2) is 4.68. The predicted octanol–water partition coefficient (Wildman–Crippen LogP) is 1.18. The molecule has 5 heteroatoms. The highest BCUT2D eigenvalue weighted by atomic mass is 16.5. The molecular weight excluding hydrogens is 234 g/mol. The predicted molar refractivity (Wildman–Crippen MR) is 64.7 cm³/mol. The molecule has 1 fully saturated rings. The van der Waals surface area contributed by atoms with Crippen LogP contribution in [0.2, 0.25) is 0 Å². The van der Waals surface area contributed by atoms with Gasteiger partial charge in [-0.05, 0) is 17.7 Å². The van der Waals surface area contributed by atoms with Crippen molar-refractivity contribution in [3.8, 4) is 11.5 Å². The fourth-order valence-electron chi connectivity index (χ4n) is 2.05. The first-order valence-electron chi connectivity index (χ1n) is 5.60. The number of imide groups is 1. The van der Waals surface area contributed by atoms with Gasteiger partial charge in [-0.3, -0.25) is 14.5 Å². The zero-order chi connectivity index (χ0) is 13.3. The van der Waals surface area contributed by atoms with E-state index in [-0.39, 0.29) is 18.2 Å². The maximum Gasteiger partial charge on any atom is 0.236 e. The molecule has 1 aromatic carbocycles. The van der Waals surface area contributed by atoms with E-state index in [9.17, 15) is 9.59 Å². The summed E-state index contributed by atoms with van der Waals surface area (Å²) in [7, 11) is 4.60. The molecule has 96 valence electrons. The molecule has 2 amide bonds. The Hall–Kier alpha value is -2.04. The second-order valence-electron chi connectivity index (χ2n) is 4.19. The first kappa shape index (κ1) is 12.4. The van der Waals surface area contributed by atoms with Crippen LogP contribution in [0.4, 0.5) is 0 Å². The van der Waals surface area contributed by atoms with E-state index in [1.54, 1.807) is 32.4 Å². The van der Waals surface area contributed by atoms with Crippen LogP contribution in [0.15, 0.2) is 18.2 Å². The first-order chi connectivity index (χ1) is 8.56. The van der Waals surface area contributed by atoms with Gasteiger partial charge in [0.05, 0.1) is 20.1 Å². The second-order valence-corrected chi connectivity index (χ2v) is 4.19. The Morgan fingerprint density at radius 2 is 1.67 bits per heavy atom. The average molecular weight is 249 g/mol. The first-order valence-corrected chi connectivity index (χ1v) is 5.60. The maximum atomic E-state index is 11.9. The van der Waals surface area contributed by atoms with Crippen molar-refractivity contribution in [3.05, 3.63) is 23.8 Å². The number of rotatable bonds is 3. The molecule has 1 aromatic rings. The topological polar surface area (TPSA) is 55.8 Å². The number of hydrogen-bond acceptors (Lipinski definition) is 4. The van der Waals surface area contributed by atoms with E-state index in [2.05, 4.69) is 0 Å². The van der Waals surface area contributed by atoms with E-state index in [0.717, 1.165) is 10.5 Å². The number of carbonyl (C=O) groups excluding carboxylic acids is 2. The van der Waals surface area contributed by atoms with Crippen LogP contribution in [0.5, 0.6) is 11.5 Å². The number of methoxy groups -OCH3 is 2. The van der Waals surface area contributed by atoms with Crippen molar-refractivity contribution in [1.82, 2.24) is 4.90 Å². The summed E-state index contributed by atoms with van der Waals surface area (Å²) in [6.07, 6.45) is 0.200. The molecule has 18 heavy (non-hydrogen) atoms. The van der Waals surface area contributed by atoms with Crippen LogP contribution in [-0.4, -0.2) is 38.0 Å². The smallest absolute Gasteiger partial charge is 0.236 e. The Kier molecular flexibility index (Phi) is 3.23. The standard InChI is InChI=1S/C13H15NO4/c1-14-12(15)7-11(13(14)16)8-4-9(17-2)6-10(5-8)18-3/h4-6,11H,7H2,1-3H3/t11-/m1/s1. The van der Waals surface area contributed by atoms with Crippen molar-refractivity contribution in [2.45, 2.75) is 12.3 Å². The number of hydrogen-bond donors (Lipinski definition) is 0. The molecule has 0 unspecified atom stereocenters. The van der Waals surface area contributed by atoms with Gasteiger partial charge in [-0.15, -0.1) is 0 Å². The largest absolute Gasteiger partial charge is 0.497 e. The lowest BCUT2D eigenvalue weighted by atomic mass is 9.97. The molecule has 0 aliphatic carbocycles. The summed E-state index contributed by atoms with van der Waals surface area (Å²) in [6, 6.07) is 5.25. The molecule has 1 aliphatic heterocycles. The highest BCUT2D eigenvalue weighted by molar-refractivity contribution is 6.05. The van der Waals surface area contributed by atoms with Crippen LogP contribution < -0.4 is 9.47 Å². The summed E-state index contributed by atoms with van der Waals surface area (Å²) in [4.78, 5) is 24.6. The molecule has 2 rings (SSSR count). The summed E-state index contributed by atoms with van der Waals surface area (Å²) in [5, 5.41) is 0. The number of ether oxygens (including phenoxy) is 2. The summed E-state index contributed by atoms with van der Waals surface area (Å²) >= 11 is 0. The minimum atomic E-state index is -0.438. The van der Waals surface area contributed by atoms with E-state index in [4.69, 9.17) is 9.47 Å². The van der Waals surface area contributed by atoms with Gasteiger partial charge in [0.25, 0.3) is 0 Å². The highest BCUT2D eigenvalue weighted by Gasteiger charge is 2.37. The summed E-state index contributed by atoms with van der Waals surface area (Å²) in [5.74, 6) is 0.437. The van der Waals surface area contributed by atoms with Crippen molar-refractivity contribution in [1.29, 1.82) is 0 Å². The van der Waals surface area contributed by atoms with Gasteiger partial charge in [0.1, 0.15) is 11.5 Å². The SMILES string of the molecule is COc1cc(OC)cc([C@H]2CC(=O)N(C)C2=O)c1. The molecule has 5 nitrogen and oxygen atoms in total. The zero-order valence-electron chi connectivity index (χ0n) is 10.6. The molecule has 0 spiro atoms. The summed E-state index contributed by atoms with van der Waals surface area (Å²) in [5.41, 5.74) is 0.744. The van der Waals surface area contributed by atoms with Crippen molar-refractivity contribution in [2.24, 2.45) is 0 Å². The lowest BCUT2D eigenvalue weighted by molar-refractivity contribution is -0.137. The Morgan fingerprint density at radius 3 is 2.06 bits per heavy atom. The normalized spacial score (nSPS) is 19.3. The van der Waals surface area contributed by atoms with Gasteiger partial charge in [0.2, 0.25) is 11.8 Å². The van der Waals surface area contributed by atoms with Crippen LogP contribution in [-0.2, 0) is 9.59 Å². The van der Waals surface area contributed by atoms with Gasteiger partial charge in [0, 0.05) is 19.5 Å². The summed E-state index contributed by atoms with van der Waals surface area (Å²) < 4.78 is 10.3. The van der Waals surface area contributed by atoms with Crippen LogP contribution >= 0.6 is 0 Å². The fraction of sp³-hybridized carbons (Fsp3) is 0.385. The van der Waals surface area contributed by atoms with E-state index in [0.29, 0.717) is 11.5 Å². The van der Waals surface area contributed by atoms with Gasteiger partial charge >= 0.3 is 0 Å². The van der Waals surface area contributed by atoms with Gasteiger partial charge in [-0.2, -0.15) is 0 Å².